The fraction of sp³-hybridized carbons (Fsp3) is 0.250. The molecule has 0 unspecified atom stereocenters. The number of phenolic OH excluding ortho intramolecular Hbond substituents is 2. The summed E-state index contributed by atoms with van der Waals surface area (Å²) in [6, 6.07) is 4.45. The number of carbonyl (C=O) groups is 1. The standard InChI is InChI=1S/C12H14O3S/c1-9(13)16-7-3-2-4-10-5-6-11(14)8-12(10)15/h2,4-6,8,14-15H,3,7H2,1H3. The third-order valence-electron chi connectivity index (χ3n) is 1.90. The average Bonchev–Trinajstić information content (AvgIpc) is 2.20. The molecule has 0 radical (unpaired) electrons. The van der Waals surface area contributed by atoms with Crippen molar-refractivity contribution >= 4 is 23.0 Å². The van der Waals surface area contributed by atoms with E-state index in [4.69, 9.17) is 5.11 Å². The molecule has 0 bridgehead atoms. The van der Waals surface area contributed by atoms with Crippen molar-refractivity contribution in [3.63, 3.8) is 0 Å². The number of thioether (sulfide) groups is 1. The molecule has 0 aromatic heterocycles. The summed E-state index contributed by atoms with van der Waals surface area (Å²) in [5, 5.41) is 18.7. The Hall–Kier alpha value is -1.42. The third kappa shape index (κ3) is 4.40. The Kier molecular flexibility index (Phi) is 4.92. The first-order valence-electron chi connectivity index (χ1n) is 4.91. The normalized spacial score (nSPS) is 10.8. The number of hydrogen-bond acceptors (Lipinski definition) is 4. The van der Waals surface area contributed by atoms with Crippen LogP contribution in [0, 0.1) is 0 Å². The summed E-state index contributed by atoms with van der Waals surface area (Å²) in [6.45, 7) is 1.54. The van der Waals surface area contributed by atoms with Gasteiger partial charge in [-0.05, 0) is 18.6 Å². The van der Waals surface area contributed by atoms with Gasteiger partial charge in [0.05, 0.1) is 0 Å². The number of rotatable bonds is 4. The highest BCUT2D eigenvalue weighted by atomic mass is 32.2. The van der Waals surface area contributed by atoms with Crippen LogP contribution in [0.4, 0.5) is 0 Å². The van der Waals surface area contributed by atoms with Crippen LogP contribution in [-0.4, -0.2) is 21.1 Å². The Morgan fingerprint density at radius 1 is 1.44 bits per heavy atom. The summed E-state index contributed by atoms with van der Waals surface area (Å²) in [4.78, 5) is 10.6. The summed E-state index contributed by atoms with van der Waals surface area (Å²) in [7, 11) is 0. The quantitative estimate of drug-likeness (QED) is 0.792. The van der Waals surface area contributed by atoms with Gasteiger partial charge in [0.25, 0.3) is 0 Å². The number of benzene rings is 1. The molecule has 0 atom stereocenters. The molecule has 0 amide bonds. The predicted molar refractivity (Wildman–Crippen MR) is 66.6 cm³/mol. The maximum atomic E-state index is 10.6. The van der Waals surface area contributed by atoms with E-state index in [1.807, 2.05) is 6.08 Å². The Bertz CT molecular complexity index is 399. The smallest absolute Gasteiger partial charge is 0.185 e. The summed E-state index contributed by atoms with van der Waals surface area (Å²) in [6.07, 6.45) is 4.43. The van der Waals surface area contributed by atoms with Crippen molar-refractivity contribution in [3.05, 3.63) is 29.8 Å². The van der Waals surface area contributed by atoms with Crippen LogP contribution in [0.5, 0.6) is 11.5 Å². The van der Waals surface area contributed by atoms with Crippen LogP contribution in [0.15, 0.2) is 24.3 Å². The predicted octanol–water partition coefficient (Wildman–Crippen LogP) is 2.78. The van der Waals surface area contributed by atoms with Crippen LogP contribution in [0.1, 0.15) is 18.9 Å². The molecule has 0 saturated heterocycles. The van der Waals surface area contributed by atoms with Crippen molar-refractivity contribution < 1.29 is 15.0 Å². The van der Waals surface area contributed by atoms with Gasteiger partial charge in [-0.3, -0.25) is 4.79 Å². The third-order valence-corrected chi connectivity index (χ3v) is 2.75. The molecule has 86 valence electrons. The molecule has 0 aliphatic heterocycles. The zero-order chi connectivity index (χ0) is 12.0. The van der Waals surface area contributed by atoms with Gasteiger partial charge in [0.2, 0.25) is 0 Å². The van der Waals surface area contributed by atoms with Gasteiger partial charge in [-0.1, -0.05) is 23.9 Å². The maximum absolute atomic E-state index is 10.6. The van der Waals surface area contributed by atoms with Gasteiger partial charge in [-0.2, -0.15) is 0 Å². The molecule has 0 heterocycles. The molecule has 4 heteroatoms. The number of aromatic hydroxyl groups is 2. The first kappa shape index (κ1) is 12.6. The van der Waals surface area contributed by atoms with Gasteiger partial charge in [-0.25, -0.2) is 0 Å². The highest BCUT2D eigenvalue weighted by Crippen LogP contribution is 2.23. The summed E-state index contributed by atoms with van der Waals surface area (Å²) < 4.78 is 0. The van der Waals surface area contributed by atoms with E-state index >= 15 is 0 Å². The van der Waals surface area contributed by atoms with Gasteiger partial charge < -0.3 is 10.2 Å². The number of carbonyl (C=O) groups excluding carboxylic acids is 1. The second kappa shape index (κ2) is 6.23. The van der Waals surface area contributed by atoms with Crippen molar-refractivity contribution in [3.8, 4) is 11.5 Å². The lowest BCUT2D eigenvalue weighted by molar-refractivity contribution is -0.109. The van der Waals surface area contributed by atoms with Crippen LogP contribution >= 0.6 is 11.8 Å². The molecular formula is C12H14O3S. The molecule has 0 aliphatic carbocycles. The van der Waals surface area contributed by atoms with Crippen LogP contribution in [-0.2, 0) is 4.79 Å². The number of phenols is 2. The average molecular weight is 238 g/mol. The first-order chi connectivity index (χ1) is 7.59. The van der Waals surface area contributed by atoms with E-state index in [9.17, 15) is 9.90 Å². The lowest BCUT2D eigenvalue weighted by Gasteiger charge is -1.99. The molecule has 0 fully saturated rings. The van der Waals surface area contributed by atoms with Gasteiger partial charge in [0.1, 0.15) is 11.5 Å². The number of allylic oxidation sites excluding steroid dienone is 1. The summed E-state index contributed by atoms with van der Waals surface area (Å²) in [5.41, 5.74) is 0.658. The molecule has 1 aromatic carbocycles. The molecule has 0 saturated carbocycles. The van der Waals surface area contributed by atoms with Crippen LogP contribution < -0.4 is 0 Å². The van der Waals surface area contributed by atoms with Crippen molar-refractivity contribution in [1.29, 1.82) is 0 Å². The van der Waals surface area contributed by atoms with Crippen molar-refractivity contribution in [2.24, 2.45) is 0 Å². The Morgan fingerprint density at radius 2 is 2.19 bits per heavy atom. The van der Waals surface area contributed by atoms with Gasteiger partial charge in [0.15, 0.2) is 5.12 Å². The van der Waals surface area contributed by atoms with E-state index in [-0.39, 0.29) is 16.6 Å². The second-order valence-corrected chi connectivity index (χ2v) is 4.55. The largest absolute Gasteiger partial charge is 0.508 e. The van der Waals surface area contributed by atoms with Gasteiger partial charge in [0, 0.05) is 24.3 Å². The molecule has 2 N–H and O–H groups in total. The minimum Gasteiger partial charge on any atom is -0.508 e. The monoisotopic (exact) mass is 238 g/mol. The van der Waals surface area contributed by atoms with Crippen LogP contribution in [0.25, 0.3) is 6.08 Å². The minimum atomic E-state index is 0.0433. The topological polar surface area (TPSA) is 57.5 Å². The van der Waals surface area contributed by atoms with Gasteiger partial charge in [-0.15, -0.1) is 0 Å². The molecule has 0 aliphatic rings. The molecule has 0 spiro atoms. The highest BCUT2D eigenvalue weighted by molar-refractivity contribution is 8.13. The molecule has 1 aromatic rings. The lowest BCUT2D eigenvalue weighted by Crippen LogP contribution is -1.83. The van der Waals surface area contributed by atoms with Crippen molar-refractivity contribution in [1.82, 2.24) is 0 Å². The zero-order valence-electron chi connectivity index (χ0n) is 9.01. The Morgan fingerprint density at radius 3 is 2.81 bits per heavy atom. The molecule has 1 rings (SSSR count). The van der Waals surface area contributed by atoms with E-state index in [1.54, 1.807) is 19.1 Å². The maximum Gasteiger partial charge on any atom is 0.185 e. The second-order valence-electron chi connectivity index (χ2n) is 3.27. The van der Waals surface area contributed by atoms with E-state index in [0.717, 1.165) is 12.2 Å². The van der Waals surface area contributed by atoms with E-state index in [1.165, 1.54) is 23.9 Å². The fourth-order valence-electron chi connectivity index (χ4n) is 1.15. The van der Waals surface area contributed by atoms with E-state index in [0.29, 0.717) is 5.56 Å². The highest BCUT2D eigenvalue weighted by Gasteiger charge is 1.98. The Labute approximate surface area is 98.8 Å². The lowest BCUT2D eigenvalue weighted by atomic mass is 10.1. The SMILES string of the molecule is CC(=O)SCCC=Cc1ccc(O)cc1O. The molecular weight excluding hydrogens is 224 g/mol. The van der Waals surface area contributed by atoms with Crippen molar-refractivity contribution in [2.75, 3.05) is 5.75 Å². The summed E-state index contributed by atoms with van der Waals surface area (Å²) in [5.74, 6) is 0.835. The molecule has 16 heavy (non-hydrogen) atoms. The van der Waals surface area contributed by atoms with Crippen LogP contribution in [0.3, 0.4) is 0 Å². The van der Waals surface area contributed by atoms with E-state index < -0.39 is 0 Å². The zero-order valence-corrected chi connectivity index (χ0v) is 9.83. The molecule has 3 nitrogen and oxygen atoms in total. The minimum absolute atomic E-state index is 0.0433. The van der Waals surface area contributed by atoms with Crippen LogP contribution in [0.2, 0.25) is 0 Å². The summed E-state index contributed by atoms with van der Waals surface area (Å²) >= 11 is 1.28. The van der Waals surface area contributed by atoms with Gasteiger partial charge >= 0.3 is 0 Å². The number of hydrogen-bond donors (Lipinski definition) is 2. The van der Waals surface area contributed by atoms with Crippen molar-refractivity contribution in [2.45, 2.75) is 13.3 Å². The Balaban J connectivity index is 2.47. The first-order valence-corrected chi connectivity index (χ1v) is 5.90. The van der Waals surface area contributed by atoms with E-state index in [2.05, 4.69) is 0 Å². The fourth-order valence-corrected chi connectivity index (χ4v) is 1.70.